The summed E-state index contributed by atoms with van der Waals surface area (Å²) in [5, 5.41) is 5.37. The molecule has 3 saturated heterocycles. The smallest absolute Gasteiger partial charge is 0.256 e. The number of likely N-dealkylation sites (tertiary alicyclic amines) is 1. The van der Waals surface area contributed by atoms with Gasteiger partial charge in [0.1, 0.15) is 11.6 Å². The molecule has 3 aliphatic heterocycles. The number of rotatable bonds is 6. The Morgan fingerprint density at radius 1 is 1.07 bits per heavy atom. The number of nitrogens with one attached hydrogen (secondary N) is 1. The topological polar surface area (TPSA) is 138 Å². The second kappa shape index (κ2) is 11.3. The van der Waals surface area contributed by atoms with Gasteiger partial charge in [-0.1, -0.05) is 11.6 Å². The lowest BCUT2D eigenvalue weighted by atomic mass is 9.98. The Hall–Kier alpha value is -3.13. The number of carbonyl (C=O) groups excluding carboxylic acids is 1. The van der Waals surface area contributed by atoms with Crippen LogP contribution in [-0.2, 0) is 14.8 Å². The molecule has 1 aromatic carbocycles. The predicted octanol–water partition coefficient (Wildman–Crippen LogP) is 2.50. The number of morpholine rings is 1. The zero-order chi connectivity index (χ0) is 28.7. The third-order valence-electron chi connectivity index (χ3n) is 7.91. The molecular weight excluding hydrogens is 568 g/mol. The number of hydrogen-bond donors (Lipinski definition) is 2. The van der Waals surface area contributed by atoms with Crippen molar-refractivity contribution in [3.05, 3.63) is 46.6 Å². The number of piperidine rings is 1. The number of sulfonamides is 1. The van der Waals surface area contributed by atoms with Crippen molar-refractivity contribution in [2.45, 2.75) is 37.8 Å². The number of aromatic nitrogens is 3. The number of carbonyl (C=O) groups is 1. The van der Waals surface area contributed by atoms with Crippen molar-refractivity contribution in [3.8, 4) is 0 Å². The fourth-order valence-electron chi connectivity index (χ4n) is 5.92. The molecule has 5 heterocycles. The molecule has 3 N–H and O–H groups in total. The molecule has 0 bridgehead atoms. The first-order valence-corrected chi connectivity index (χ1v) is 16.3. The molecule has 0 saturated carbocycles. The van der Waals surface area contributed by atoms with Crippen LogP contribution in [0.15, 0.2) is 30.3 Å². The first-order valence-electron chi connectivity index (χ1n) is 14.0. The van der Waals surface area contributed by atoms with Crippen LogP contribution < -0.4 is 20.3 Å². The second-order valence-corrected chi connectivity index (χ2v) is 13.2. The minimum absolute atomic E-state index is 0.121. The normalized spacial score (nSPS) is 22.0. The first-order chi connectivity index (χ1) is 19.7. The van der Waals surface area contributed by atoms with Gasteiger partial charge in [0.15, 0.2) is 5.65 Å². The van der Waals surface area contributed by atoms with Gasteiger partial charge in [0.05, 0.1) is 42.5 Å². The van der Waals surface area contributed by atoms with E-state index < -0.39 is 10.0 Å². The molecular formula is C27H35ClN8O4S. The van der Waals surface area contributed by atoms with E-state index in [2.05, 4.69) is 20.6 Å². The summed E-state index contributed by atoms with van der Waals surface area (Å²) >= 11 is 6.25. The summed E-state index contributed by atoms with van der Waals surface area (Å²) in [6, 6.07) is 8.45. The number of nitrogens with two attached hydrogens (primary N) is 1. The highest BCUT2D eigenvalue weighted by molar-refractivity contribution is 7.92. The molecule has 0 spiro atoms. The minimum Gasteiger partial charge on any atom is -0.378 e. The quantitative estimate of drug-likeness (QED) is 0.436. The van der Waals surface area contributed by atoms with Crippen molar-refractivity contribution in [2.24, 2.45) is 5.73 Å². The van der Waals surface area contributed by atoms with Crippen molar-refractivity contribution in [3.63, 3.8) is 0 Å². The number of nitrogens with zero attached hydrogens (tertiary/aromatic N) is 6. The van der Waals surface area contributed by atoms with E-state index in [9.17, 15) is 13.2 Å². The Kier molecular flexibility index (Phi) is 7.70. The third kappa shape index (κ3) is 5.94. The summed E-state index contributed by atoms with van der Waals surface area (Å²) in [6.07, 6.45) is 4.48. The molecule has 0 radical (unpaired) electrons. The number of anilines is 3. The third-order valence-corrected chi connectivity index (χ3v) is 8.74. The van der Waals surface area contributed by atoms with Gasteiger partial charge in [-0.15, -0.1) is 0 Å². The lowest BCUT2D eigenvalue weighted by molar-refractivity contribution is 0.0607. The number of fused-ring (bicyclic) bond motifs is 1. The summed E-state index contributed by atoms with van der Waals surface area (Å²) in [4.78, 5) is 25.2. The van der Waals surface area contributed by atoms with Crippen LogP contribution >= 0.6 is 11.6 Å². The highest BCUT2D eigenvalue weighted by Crippen LogP contribution is 2.35. The number of halogens is 1. The zero-order valence-electron chi connectivity index (χ0n) is 23.0. The molecule has 220 valence electrons. The molecule has 3 fully saturated rings. The van der Waals surface area contributed by atoms with Crippen molar-refractivity contribution < 1.29 is 17.9 Å². The molecule has 2 atom stereocenters. The molecule has 41 heavy (non-hydrogen) atoms. The molecule has 3 aliphatic rings. The molecule has 2 aromatic heterocycles. The van der Waals surface area contributed by atoms with Crippen molar-refractivity contribution >= 4 is 50.5 Å². The van der Waals surface area contributed by atoms with Gasteiger partial charge in [-0.3, -0.25) is 9.52 Å². The SMILES string of the molecule is CS(=O)(=O)Nc1ccc(Cl)cc1C(=O)N1CCCCC1c1cc2nc(N3CCC(N)C3)cc(N3CCOCC3)n2n1. The molecule has 6 rings (SSSR count). The van der Waals surface area contributed by atoms with E-state index in [1.165, 1.54) is 12.1 Å². The Bertz CT molecular complexity index is 1560. The maximum atomic E-state index is 14.0. The minimum atomic E-state index is -3.60. The Balaban J connectivity index is 1.39. The maximum absolute atomic E-state index is 14.0. The number of hydrogen-bond acceptors (Lipinski definition) is 9. The lowest BCUT2D eigenvalue weighted by Gasteiger charge is -2.35. The maximum Gasteiger partial charge on any atom is 0.256 e. The molecule has 1 amide bonds. The van der Waals surface area contributed by atoms with E-state index in [4.69, 9.17) is 32.2 Å². The average molecular weight is 603 g/mol. The summed E-state index contributed by atoms with van der Waals surface area (Å²) in [7, 11) is -3.60. The van der Waals surface area contributed by atoms with Gasteiger partial charge in [-0.25, -0.2) is 13.4 Å². The predicted molar refractivity (Wildman–Crippen MR) is 158 cm³/mol. The fraction of sp³-hybridized carbons (Fsp3) is 0.519. The van der Waals surface area contributed by atoms with Crippen LogP contribution in [0.3, 0.4) is 0 Å². The molecule has 12 nitrogen and oxygen atoms in total. The Morgan fingerprint density at radius 2 is 1.88 bits per heavy atom. The van der Waals surface area contributed by atoms with Gasteiger partial charge in [0.2, 0.25) is 10.0 Å². The fourth-order valence-corrected chi connectivity index (χ4v) is 6.67. The Labute approximate surface area is 244 Å². The van der Waals surface area contributed by atoms with Crippen molar-refractivity contribution in [2.75, 3.05) is 66.7 Å². The van der Waals surface area contributed by atoms with Gasteiger partial charge < -0.3 is 25.2 Å². The summed E-state index contributed by atoms with van der Waals surface area (Å²) in [5.74, 6) is 1.50. The summed E-state index contributed by atoms with van der Waals surface area (Å²) in [6.45, 7) is 4.87. The monoisotopic (exact) mass is 602 g/mol. The van der Waals surface area contributed by atoms with Crippen LogP contribution in [-0.4, -0.2) is 92.1 Å². The molecule has 14 heteroatoms. The first kappa shape index (κ1) is 28.0. The lowest BCUT2D eigenvalue weighted by Crippen LogP contribution is -2.39. The van der Waals surface area contributed by atoms with E-state index in [1.54, 1.807) is 11.0 Å². The largest absolute Gasteiger partial charge is 0.378 e. The number of benzene rings is 1. The van der Waals surface area contributed by atoms with Crippen LogP contribution in [0.5, 0.6) is 0 Å². The number of ether oxygens (including phenoxy) is 1. The van der Waals surface area contributed by atoms with E-state index in [-0.39, 0.29) is 29.2 Å². The highest BCUT2D eigenvalue weighted by atomic mass is 35.5. The summed E-state index contributed by atoms with van der Waals surface area (Å²) in [5.41, 5.74) is 8.07. The van der Waals surface area contributed by atoms with Crippen LogP contribution in [0, 0.1) is 0 Å². The van der Waals surface area contributed by atoms with Crippen LogP contribution in [0.4, 0.5) is 17.3 Å². The average Bonchev–Trinajstić information content (AvgIpc) is 3.59. The van der Waals surface area contributed by atoms with Gasteiger partial charge in [0, 0.05) is 55.9 Å². The van der Waals surface area contributed by atoms with Crippen molar-refractivity contribution in [1.82, 2.24) is 19.5 Å². The van der Waals surface area contributed by atoms with E-state index in [0.29, 0.717) is 30.4 Å². The standard InChI is InChI=1S/C27H35ClN8O4S/c1-41(38,39)32-21-6-5-18(28)14-20(21)27(37)35-8-3-2-4-23(35)22-15-25-30-24(34-9-7-19(29)17-34)16-26(36(25)31-22)33-10-12-40-13-11-33/h5-6,14-16,19,23,32H,2-4,7-13,17,29H2,1H3. The van der Waals surface area contributed by atoms with E-state index in [1.807, 2.05) is 10.6 Å². The molecule has 2 unspecified atom stereocenters. The van der Waals surface area contributed by atoms with Crippen LogP contribution in [0.2, 0.25) is 5.02 Å². The second-order valence-electron chi connectivity index (χ2n) is 11.0. The van der Waals surface area contributed by atoms with Gasteiger partial charge in [-0.2, -0.15) is 9.61 Å². The van der Waals surface area contributed by atoms with Crippen LogP contribution in [0.25, 0.3) is 5.65 Å². The van der Waals surface area contributed by atoms with E-state index >= 15 is 0 Å². The highest BCUT2D eigenvalue weighted by Gasteiger charge is 2.33. The van der Waals surface area contributed by atoms with E-state index in [0.717, 1.165) is 75.4 Å². The van der Waals surface area contributed by atoms with Gasteiger partial charge >= 0.3 is 0 Å². The Morgan fingerprint density at radius 3 is 2.61 bits per heavy atom. The number of amides is 1. The zero-order valence-corrected chi connectivity index (χ0v) is 24.6. The van der Waals surface area contributed by atoms with Gasteiger partial charge in [0.25, 0.3) is 5.91 Å². The summed E-state index contributed by atoms with van der Waals surface area (Å²) < 4.78 is 34.0. The molecule has 3 aromatic rings. The van der Waals surface area contributed by atoms with Crippen LogP contribution in [0.1, 0.15) is 47.8 Å². The van der Waals surface area contributed by atoms with Crippen molar-refractivity contribution in [1.29, 1.82) is 0 Å². The van der Waals surface area contributed by atoms with Gasteiger partial charge in [-0.05, 0) is 43.9 Å². The molecule has 0 aliphatic carbocycles.